The van der Waals surface area contributed by atoms with Gasteiger partial charge in [-0.1, -0.05) is 0 Å². The van der Waals surface area contributed by atoms with E-state index >= 15 is 0 Å². The molecule has 0 bridgehead atoms. The Labute approximate surface area is 134 Å². The second-order valence-electron chi connectivity index (χ2n) is 6.92. The third-order valence-electron chi connectivity index (χ3n) is 5.36. The Morgan fingerprint density at radius 3 is 2.96 bits per heavy atom. The van der Waals surface area contributed by atoms with E-state index in [-0.39, 0.29) is 17.1 Å². The van der Waals surface area contributed by atoms with Gasteiger partial charge in [-0.3, -0.25) is 4.79 Å². The van der Waals surface area contributed by atoms with E-state index in [9.17, 15) is 9.18 Å². The highest BCUT2D eigenvalue weighted by atomic mass is 19.1. The maximum atomic E-state index is 13.4. The van der Waals surface area contributed by atoms with Gasteiger partial charge in [-0.15, -0.1) is 0 Å². The van der Waals surface area contributed by atoms with Crippen LogP contribution in [0.25, 0.3) is 10.9 Å². The Morgan fingerprint density at radius 1 is 1.30 bits per heavy atom. The van der Waals surface area contributed by atoms with E-state index < -0.39 is 0 Å². The van der Waals surface area contributed by atoms with Crippen LogP contribution in [0.15, 0.2) is 24.3 Å². The average Bonchev–Trinajstić information content (AvgIpc) is 3.11. The van der Waals surface area contributed by atoms with Gasteiger partial charge in [0.2, 0.25) is 0 Å². The molecule has 1 aromatic carbocycles. The Kier molecular flexibility index (Phi) is 3.41. The molecule has 1 spiro atoms. The lowest BCUT2D eigenvalue weighted by atomic mass is 9.79. The first-order chi connectivity index (χ1) is 11.1. The SMILES string of the molecule is Cn1c(C(=O)N2CCCC3(CCOC3)C2)cc2cc(F)ccc21. The van der Waals surface area contributed by atoms with Crippen LogP contribution >= 0.6 is 0 Å². The number of piperidine rings is 1. The molecule has 0 N–H and O–H groups in total. The number of carbonyl (C=O) groups is 1. The first kappa shape index (κ1) is 14.7. The molecule has 1 aromatic heterocycles. The van der Waals surface area contributed by atoms with Gasteiger partial charge in [0.25, 0.3) is 5.91 Å². The van der Waals surface area contributed by atoms with Gasteiger partial charge in [0.1, 0.15) is 11.5 Å². The molecule has 2 fully saturated rings. The number of carbonyl (C=O) groups excluding carboxylic acids is 1. The maximum Gasteiger partial charge on any atom is 0.270 e. The summed E-state index contributed by atoms with van der Waals surface area (Å²) in [6, 6.07) is 6.44. The number of rotatable bonds is 1. The lowest BCUT2D eigenvalue weighted by Crippen LogP contribution is -2.46. The highest BCUT2D eigenvalue weighted by molar-refractivity contribution is 5.98. The van der Waals surface area contributed by atoms with Crippen molar-refractivity contribution in [2.45, 2.75) is 19.3 Å². The van der Waals surface area contributed by atoms with E-state index in [1.165, 1.54) is 12.1 Å². The molecule has 4 nitrogen and oxygen atoms in total. The quantitative estimate of drug-likeness (QED) is 0.811. The third-order valence-corrected chi connectivity index (χ3v) is 5.36. The summed E-state index contributed by atoms with van der Waals surface area (Å²) < 4.78 is 20.9. The predicted molar refractivity (Wildman–Crippen MR) is 85.9 cm³/mol. The van der Waals surface area contributed by atoms with Gasteiger partial charge in [0, 0.05) is 43.1 Å². The van der Waals surface area contributed by atoms with Crippen LogP contribution in [0.3, 0.4) is 0 Å². The number of hydrogen-bond acceptors (Lipinski definition) is 2. The van der Waals surface area contributed by atoms with Gasteiger partial charge >= 0.3 is 0 Å². The molecule has 0 radical (unpaired) electrons. The predicted octanol–water partition coefficient (Wildman–Crippen LogP) is 2.96. The number of fused-ring (bicyclic) bond motifs is 1. The summed E-state index contributed by atoms with van der Waals surface area (Å²) in [5.74, 6) is -0.239. The fraction of sp³-hybridized carbons (Fsp3) is 0.500. The maximum absolute atomic E-state index is 13.4. The Hall–Kier alpha value is -1.88. The summed E-state index contributed by atoms with van der Waals surface area (Å²) in [5, 5.41) is 0.770. The van der Waals surface area contributed by atoms with Crippen molar-refractivity contribution in [3.63, 3.8) is 0 Å². The fourth-order valence-electron chi connectivity index (χ4n) is 4.04. The molecule has 3 heterocycles. The summed E-state index contributed by atoms with van der Waals surface area (Å²) in [7, 11) is 1.87. The van der Waals surface area contributed by atoms with Crippen LogP contribution in [0, 0.1) is 11.2 Å². The molecule has 2 aromatic rings. The Morgan fingerprint density at radius 2 is 2.17 bits per heavy atom. The lowest BCUT2D eigenvalue weighted by molar-refractivity contribution is 0.0455. The van der Waals surface area contributed by atoms with E-state index in [0.717, 1.165) is 56.5 Å². The molecule has 2 aliphatic rings. The number of hydrogen-bond donors (Lipinski definition) is 0. The van der Waals surface area contributed by atoms with Crippen LogP contribution in [0.5, 0.6) is 0 Å². The molecule has 2 aliphatic heterocycles. The second kappa shape index (κ2) is 5.34. The molecular weight excluding hydrogens is 295 g/mol. The molecule has 0 saturated carbocycles. The first-order valence-corrected chi connectivity index (χ1v) is 8.20. The van der Waals surface area contributed by atoms with E-state index in [4.69, 9.17) is 4.74 Å². The van der Waals surface area contributed by atoms with Gasteiger partial charge in [-0.05, 0) is 43.5 Å². The zero-order chi connectivity index (χ0) is 16.0. The minimum atomic E-state index is -0.276. The fourth-order valence-corrected chi connectivity index (χ4v) is 4.04. The normalized spacial score (nSPS) is 24.7. The minimum Gasteiger partial charge on any atom is -0.381 e. The lowest BCUT2D eigenvalue weighted by Gasteiger charge is -2.39. The number of ether oxygens (including phenoxy) is 1. The van der Waals surface area contributed by atoms with Crippen LogP contribution < -0.4 is 0 Å². The van der Waals surface area contributed by atoms with Crippen molar-refractivity contribution >= 4 is 16.8 Å². The molecule has 1 atom stereocenters. The summed E-state index contributed by atoms with van der Waals surface area (Å²) in [6.45, 7) is 3.12. The van der Waals surface area contributed by atoms with Gasteiger partial charge in [0.15, 0.2) is 0 Å². The minimum absolute atomic E-state index is 0.0371. The van der Waals surface area contributed by atoms with Crippen molar-refractivity contribution < 1.29 is 13.9 Å². The largest absolute Gasteiger partial charge is 0.381 e. The highest BCUT2D eigenvalue weighted by Gasteiger charge is 2.40. The van der Waals surface area contributed by atoms with Crippen molar-refractivity contribution in [2.75, 3.05) is 26.3 Å². The molecule has 122 valence electrons. The monoisotopic (exact) mass is 316 g/mol. The zero-order valence-corrected chi connectivity index (χ0v) is 13.3. The molecule has 4 rings (SSSR count). The van der Waals surface area contributed by atoms with Crippen molar-refractivity contribution in [1.82, 2.24) is 9.47 Å². The molecule has 0 aliphatic carbocycles. The van der Waals surface area contributed by atoms with Crippen LogP contribution in [0.4, 0.5) is 4.39 Å². The third kappa shape index (κ3) is 2.43. The summed E-state index contributed by atoms with van der Waals surface area (Å²) >= 11 is 0. The molecule has 1 amide bonds. The van der Waals surface area contributed by atoms with E-state index in [2.05, 4.69) is 0 Å². The number of halogens is 1. The Bertz CT molecular complexity index is 762. The molecule has 1 unspecified atom stereocenters. The van der Waals surface area contributed by atoms with E-state index in [1.807, 2.05) is 16.5 Å². The molecular formula is C18H21FN2O2. The smallest absolute Gasteiger partial charge is 0.270 e. The topological polar surface area (TPSA) is 34.5 Å². The van der Waals surface area contributed by atoms with Crippen LogP contribution in [0.2, 0.25) is 0 Å². The van der Waals surface area contributed by atoms with Crippen molar-refractivity contribution in [1.29, 1.82) is 0 Å². The van der Waals surface area contributed by atoms with Crippen LogP contribution in [-0.4, -0.2) is 41.7 Å². The molecule has 2 saturated heterocycles. The van der Waals surface area contributed by atoms with E-state index in [1.54, 1.807) is 12.1 Å². The van der Waals surface area contributed by atoms with Gasteiger partial charge in [-0.25, -0.2) is 4.39 Å². The van der Waals surface area contributed by atoms with Crippen molar-refractivity contribution in [3.8, 4) is 0 Å². The number of aryl methyl sites for hydroxylation is 1. The Balaban J connectivity index is 1.65. The summed E-state index contributed by atoms with van der Waals surface area (Å²) in [6.07, 6.45) is 3.20. The standard InChI is InChI=1S/C18H21FN2O2/c1-20-15-4-3-14(19)9-13(15)10-16(20)17(22)21-7-2-5-18(11-21)6-8-23-12-18/h3-4,9-10H,2,5-8,11-12H2,1H3. The summed E-state index contributed by atoms with van der Waals surface area (Å²) in [4.78, 5) is 14.9. The van der Waals surface area contributed by atoms with Crippen molar-refractivity contribution in [2.24, 2.45) is 12.5 Å². The van der Waals surface area contributed by atoms with Crippen molar-refractivity contribution in [3.05, 3.63) is 35.8 Å². The van der Waals surface area contributed by atoms with E-state index in [0.29, 0.717) is 5.69 Å². The number of likely N-dealkylation sites (tertiary alicyclic amines) is 1. The van der Waals surface area contributed by atoms with Gasteiger partial charge < -0.3 is 14.2 Å². The number of aromatic nitrogens is 1. The number of nitrogens with zero attached hydrogens (tertiary/aromatic N) is 2. The van der Waals surface area contributed by atoms with Gasteiger partial charge in [-0.2, -0.15) is 0 Å². The van der Waals surface area contributed by atoms with Crippen LogP contribution in [0.1, 0.15) is 29.8 Å². The molecule has 5 heteroatoms. The molecule has 23 heavy (non-hydrogen) atoms. The van der Waals surface area contributed by atoms with Gasteiger partial charge in [0.05, 0.1) is 6.61 Å². The number of amides is 1. The average molecular weight is 316 g/mol. The second-order valence-corrected chi connectivity index (χ2v) is 6.92. The van der Waals surface area contributed by atoms with Crippen LogP contribution in [-0.2, 0) is 11.8 Å². The highest BCUT2D eigenvalue weighted by Crippen LogP contribution is 2.38. The first-order valence-electron chi connectivity index (χ1n) is 8.20. The number of benzene rings is 1. The zero-order valence-electron chi connectivity index (χ0n) is 13.3. The summed E-state index contributed by atoms with van der Waals surface area (Å²) in [5.41, 5.74) is 1.65.